The first-order valence-electron chi connectivity index (χ1n) is 5.55. The lowest BCUT2D eigenvalue weighted by atomic mass is 9.84. The molecule has 1 fully saturated rings. The third kappa shape index (κ3) is 3.22. The lowest BCUT2D eigenvalue weighted by molar-refractivity contribution is -0.144. The molecule has 1 amide bonds. The molecule has 2 atom stereocenters. The number of carbonyl (C=O) groups excluding carboxylic acids is 1. The van der Waals surface area contributed by atoms with Gasteiger partial charge in [-0.25, -0.2) is 0 Å². The number of hydrogen-bond acceptors (Lipinski definition) is 2. The van der Waals surface area contributed by atoms with E-state index >= 15 is 0 Å². The fraction of sp³-hybridized carbons (Fsp3) is 0.818. The van der Waals surface area contributed by atoms with Crippen LogP contribution in [0.2, 0.25) is 0 Å². The highest BCUT2D eigenvalue weighted by atomic mass is 16.4. The summed E-state index contributed by atoms with van der Waals surface area (Å²) in [5, 5.41) is 11.8. The van der Waals surface area contributed by atoms with Crippen molar-refractivity contribution in [2.24, 2.45) is 11.8 Å². The third-order valence-electron chi connectivity index (χ3n) is 2.94. The number of nitrogens with one attached hydrogen (secondary N) is 1. The lowest BCUT2D eigenvalue weighted by Gasteiger charge is -2.29. The molecule has 0 aliphatic heterocycles. The van der Waals surface area contributed by atoms with Gasteiger partial charge in [-0.15, -0.1) is 0 Å². The van der Waals surface area contributed by atoms with E-state index in [4.69, 9.17) is 5.11 Å². The maximum Gasteiger partial charge on any atom is 0.308 e. The summed E-state index contributed by atoms with van der Waals surface area (Å²) in [6.45, 7) is 3.63. The van der Waals surface area contributed by atoms with Gasteiger partial charge in [-0.2, -0.15) is 0 Å². The van der Waals surface area contributed by atoms with E-state index in [1.807, 2.05) is 13.8 Å². The molecule has 0 aromatic carbocycles. The van der Waals surface area contributed by atoms with Crippen LogP contribution in [0.1, 0.15) is 39.5 Å². The zero-order valence-electron chi connectivity index (χ0n) is 9.32. The van der Waals surface area contributed by atoms with Gasteiger partial charge in [0, 0.05) is 12.0 Å². The molecule has 0 aromatic rings. The van der Waals surface area contributed by atoms with Crippen molar-refractivity contribution in [3.63, 3.8) is 0 Å². The van der Waals surface area contributed by atoms with Gasteiger partial charge in [0.25, 0.3) is 0 Å². The smallest absolute Gasteiger partial charge is 0.308 e. The monoisotopic (exact) mass is 213 g/mol. The van der Waals surface area contributed by atoms with Crippen molar-refractivity contribution in [1.29, 1.82) is 0 Å². The van der Waals surface area contributed by atoms with Gasteiger partial charge in [-0.3, -0.25) is 9.59 Å². The summed E-state index contributed by atoms with van der Waals surface area (Å²) in [5.74, 6) is -1.32. The van der Waals surface area contributed by atoms with Crippen molar-refractivity contribution >= 4 is 11.9 Å². The van der Waals surface area contributed by atoms with Gasteiger partial charge < -0.3 is 10.4 Å². The fourth-order valence-corrected chi connectivity index (χ4v) is 1.95. The Morgan fingerprint density at radius 3 is 2.40 bits per heavy atom. The molecular weight excluding hydrogens is 194 g/mol. The van der Waals surface area contributed by atoms with Crippen molar-refractivity contribution in [1.82, 2.24) is 5.32 Å². The Bertz CT molecular complexity index is 250. The summed E-state index contributed by atoms with van der Waals surface area (Å²) in [5.41, 5.74) is 0. The highest BCUT2D eigenvalue weighted by Gasteiger charge is 2.31. The molecule has 0 radical (unpaired) electrons. The van der Waals surface area contributed by atoms with Crippen molar-refractivity contribution in [2.45, 2.75) is 45.6 Å². The number of carboxylic acid groups (broad SMARTS) is 1. The average molecular weight is 213 g/mol. The third-order valence-corrected chi connectivity index (χ3v) is 2.94. The first kappa shape index (κ1) is 12.0. The van der Waals surface area contributed by atoms with Crippen LogP contribution in [0, 0.1) is 11.8 Å². The van der Waals surface area contributed by atoms with Crippen LogP contribution in [0.15, 0.2) is 0 Å². The molecule has 1 rings (SSSR count). The van der Waals surface area contributed by atoms with Crippen LogP contribution in [0.25, 0.3) is 0 Å². The number of aliphatic carboxylic acids is 1. The van der Waals surface area contributed by atoms with Crippen molar-refractivity contribution < 1.29 is 14.7 Å². The number of amides is 1. The molecule has 0 spiro atoms. The number of rotatable bonds is 3. The molecule has 86 valence electrons. The Kier molecular flexibility index (Phi) is 4.12. The molecule has 4 nitrogen and oxygen atoms in total. The minimum Gasteiger partial charge on any atom is -0.481 e. The molecule has 2 unspecified atom stereocenters. The number of carbonyl (C=O) groups is 2. The van der Waals surface area contributed by atoms with E-state index in [1.165, 1.54) is 0 Å². The van der Waals surface area contributed by atoms with E-state index in [0.29, 0.717) is 6.42 Å². The second-order valence-corrected chi connectivity index (χ2v) is 4.50. The molecule has 0 bridgehead atoms. The summed E-state index contributed by atoms with van der Waals surface area (Å²) in [6.07, 6.45) is 3.42. The summed E-state index contributed by atoms with van der Waals surface area (Å²) < 4.78 is 0. The summed E-state index contributed by atoms with van der Waals surface area (Å²) >= 11 is 0. The van der Waals surface area contributed by atoms with Crippen molar-refractivity contribution in [3.05, 3.63) is 0 Å². The standard InChI is InChI=1S/C11H19NO3/c1-7(2)10(13)12-9-6-4-3-5-8(9)11(14)15/h7-9H,3-6H2,1-2H3,(H,12,13)(H,14,15). The second-order valence-electron chi connectivity index (χ2n) is 4.50. The lowest BCUT2D eigenvalue weighted by Crippen LogP contribution is -2.46. The predicted octanol–water partition coefficient (Wildman–Crippen LogP) is 1.40. The molecule has 4 heteroatoms. The Morgan fingerprint density at radius 2 is 1.87 bits per heavy atom. The van der Waals surface area contributed by atoms with Gasteiger partial charge in [-0.1, -0.05) is 26.7 Å². The van der Waals surface area contributed by atoms with Gasteiger partial charge in [-0.05, 0) is 12.8 Å². The largest absolute Gasteiger partial charge is 0.481 e. The molecule has 15 heavy (non-hydrogen) atoms. The first-order chi connectivity index (χ1) is 7.02. The van der Waals surface area contributed by atoms with Crippen LogP contribution >= 0.6 is 0 Å². The van der Waals surface area contributed by atoms with E-state index in [1.54, 1.807) is 0 Å². The van der Waals surface area contributed by atoms with Crippen LogP contribution in [0.5, 0.6) is 0 Å². The van der Waals surface area contributed by atoms with E-state index in [2.05, 4.69) is 5.32 Å². The summed E-state index contributed by atoms with van der Waals surface area (Å²) in [7, 11) is 0. The molecule has 0 aromatic heterocycles. The van der Waals surface area contributed by atoms with Gasteiger partial charge in [0.05, 0.1) is 5.92 Å². The zero-order chi connectivity index (χ0) is 11.4. The van der Waals surface area contributed by atoms with Gasteiger partial charge in [0.2, 0.25) is 5.91 Å². The first-order valence-corrected chi connectivity index (χ1v) is 5.55. The summed E-state index contributed by atoms with van der Waals surface area (Å²) in [4.78, 5) is 22.4. The van der Waals surface area contributed by atoms with Crippen LogP contribution in [0.3, 0.4) is 0 Å². The Labute approximate surface area is 90.0 Å². The highest BCUT2D eigenvalue weighted by Crippen LogP contribution is 2.24. The average Bonchev–Trinajstić information content (AvgIpc) is 2.18. The molecule has 0 heterocycles. The maximum absolute atomic E-state index is 11.5. The highest BCUT2D eigenvalue weighted by molar-refractivity contribution is 5.79. The second kappa shape index (κ2) is 5.14. The van der Waals surface area contributed by atoms with E-state index in [0.717, 1.165) is 19.3 Å². The molecule has 1 aliphatic carbocycles. The van der Waals surface area contributed by atoms with Crippen molar-refractivity contribution in [2.75, 3.05) is 0 Å². The number of hydrogen-bond donors (Lipinski definition) is 2. The zero-order valence-corrected chi connectivity index (χ0v) is 9.32. The van der Waals surface area contributed by atoms with E-state index in [9.17, 15) is 9.59 Å². The molecule has 2 N–H and O–H groups in total. The van der Waals surface area contributed by atoms with Crippen LogP contribution < -0.4 is 5.32 Å². The molecule has 1 aliphatic rings. The van der Waals surface area contributed by atoms with Crippen molar-refractivity contribution in [3.8, 4) is 0 Å². The van der Waals surface area contributed by atoms with E-state index in [-0.39, 0.29) is 17.9 Å². The summed E-state index contributed by atoms with van der Waals surface area (Å²) in [6, 6.07) is -0.175. The van der Waals surface area contributed by atoms with Gasteiger partial charge >= 0.3 is 5.97 Å². The molecule has 1 saturated carbocycles. The molecule has 0 saturated heterocycles. The normalized spacial score (nSPS) is 26.3. The Balaban J connectivity index is 2.57. The SMILES string of the molecule is CC(C)C(=O)NC1CCCCC1C(=O)O. The Hall–Kier alpha value is -1.06. The topological polar surface area (TPSA) is 66.4 Å². The number of carboxylic acids is 1. The molecular formula is C11H19NO3. The predicted molar refractivity (Wildman–Crippen MR) is 56.4 cm³/mol. The fourth-order valence-electron chi connectivity index (χ4n) is 1.95. The Morgan fingerprint density at radius 1 is 1.27 bits per heavy atom. The van der Waals surface area contributed by atoms with Crippen LogP contribution in [-0.2, 0) is 9.59 Å². The quantitative estimate of drug-likeness (QED) is 0.744. The van der Waals surface area contributed by atoms with E-state index < -0.39 is 11.9 Å². The van der Waals surface area contributed by atoms with Crippen LogP contribution in [-0.4, -0.2) is 23.0 Å². The maximum atomic E-state index is 11.5. The van der Waals surface area contributed by atoms with Crippen LogP contribution in [0.4, 0.5) is 0 Å². The van der Waals surface area contributed by atoms with Gasteiger partial charge in [0.1, 0.15) is 0 Å². The minimum atomic E-state index is -0.788. The minimum absolute atomic E-state index is 0.0480. The van der Waals surface area contributed by atoms with Gasteiger partial charge in [0.15, 0.2) is 0 Å².